The summed E-state index contributed by atoms with van der Waals surface area (Å²) in [6.07, 6.45) is 10.3. The van der Waals surface area contributed by atoms with E-state index in [-0.39, 0.29) is 0 Å². The maximum atomic E-state index is 3.68. The predicted molar refractivity (Wildman–Crippen MR) is 61.3 cm³/mol. The highest BCUT2D eigenvalue weighted by molar-refractivity contribution is 4.75. The normalized spacial score (nSPS) is 34.1. The first kappa shape index (κ1) is 10.5. The first-order valence-electron chi connectivity index (χ1n) is 6.55. The van der Waals surface area contributed by atoms with Crippen LogP contribution in [0.5, 0.6) is 0 Å². The van der Waals surface area contributed by atoms with Crippen molar-refractivity contribution in [3.05, 3.63) is 0 Å². The second-order valence-corrected chi connectivity index (χ2v) is 5.59. The lowest BCUT2D eigenvalue weighted by Gasteiger charge is -2.29. The molecule has 1 nitrogen and oxygen atoms in total. The molecule has 2 saturated carbocycles. The molecule has 1 heteroatoms. The number of nitrogens with one attached hydrogen (secondary N) is 1. The largest absolute Gasteiger partial charge is 0.316 e. The van der Waals surface area contributed by atoms with Crippen molar-refractivity contribution >= 4 is 0 Å². The second kappa shape index (κ2) is 5.16. The third kappa shape index (κ3) is 2.98. The van der Waals surface area contributed by atoms with Crippen LogP contribution in [0.25, 0.3) is 0 Å². The van der Waals surface area contributed by atoms with Crippen LogP contribution in [0.3, 0.4) is 0 Å². The lowest BCUT2D eigenvalue weighted by Crippen LogP contribution is -2.32. The van der Waals surface area contributed by atoms with Gasteiger partial charge >= 0.3 is 0 Å². The Morgan fingerprint density at radius 2 is 1.57 bits per heavy atom. The van der Waals surface area contributed by atoms with Crippen LogP contribution in [0, 0.1) is 17.8 Å². The summed E-state index contributed by atoms with van der Waals surface area (Å²) in [6.45, 7) is 5.00. The van der Waals surface area contributed by atoms with Gasteiger partial charge in [-0.3, -0.25) is 0 Å². The van der Waals surface area contributed by atoms with Crippen LogP contribution >= 0.6 is 0 Å². The molecule has 1 N–H and O–H groups in total. The van der Waals surface area contributed by atoms with Crippen LogP contribution in [0.4, 0.5) is 0 Å². The van der Waals surface area contributed by atoms with E-state index < -0.39 is 0 Å². The Morgan fingerprint density at radius 1 is 0.929 bits per heavy atom. The van der Waals surface area contributed by atoms with E-state index in [4.69, 9.17) is 0 Å². The minimum absolute atomic E-state index is 0.985. The summed E-state index contributed by atoms with van der Waals surface area (Å²) in [7, 11) is 0. The van der Waals surface area contributed by atoms with E-state index in [0.717, 1.165) is 17.8 Å². The fraction of sp³-hybridized carbons (Fsp3) is 1.00. The van der Waals surface area contributed by atoms with Gasteiger partial charge in [0.25, 0.3) is 0 Å². The highest BCUT2D eigenvalue weighted by Crippen LogP contribution is 2.28. The molecule has 0 aliphatic heterocycles. The standard InChI is InChI=1S/C13H25N/c1-11-4-2-7-13(8-11)10-14-9-12-5-3-6-12/h11-14H,2-10H2,1H3. The number of hydrogen-bond acceptors (Lipinski definition) is 1. The van der Waals surface area contributed by atoms with Crippen molar-refractivity contribution < 1.29 is 0 Å². The van der Waals surface area contributed by atoms with Crippen LogP contribution in [-0.2, 0) is 0 Å². The van der Waals surface area contributed by atoms with Gasteiger partial charge in [-0.25, -0.2) is 0 Å². The molecule has 2 unspecified atom stereocenters. The van der Waals surface area contributed by atoms with E-state index in [9.17, 15) is 0 Å². The van der Waals surface area contributed by atoms with Gasteiger partial charge in [0.05, 0.1) is 0 Å². The molecular weight excluding hydrogens is 170 g/mol. The Balaban J connectivity index is 1.55. The monoisotopic (exact) mass is 195 g/mol. The van der Waals surface area contributed by atoms with Crippen LogP contribution in [0.1, 0.15) is 51.9 Å². The number of rotatable bonds is 4. The average molecular weight is 195 g/mol. The van der Waals surface area contributed by atoms with Gasteiger partial charge in [-0.2, -0.15) is 0 Å². The zero-order valence-electron chi connectivity index (χ0n) is 9.60. The van der Waals surface area contributed by atoms with E-state index in [1.165, 1.54) is 58.0 Å². The predicted octanol–water partition coefficient (Wildman–Crippen LogP) is 3.20. The third-order valence-corrected chi connectivity index (χ3v) is 4.14. The fourth-order valence-electron chi connectivity index (χ4n) is 2.93. The summed E-state index contributed by atoms with van der Waals surface area (Å²) in [5.41, 5.74) is 0. The van der Waals surface area contributed by atoms with Crippen LogP contribution in [0.2, 0.25) is 0 Å². The van der Waals surface area contributed by atoms with E-state index in [1.54, 1.807) is 0 Å². The van der Waals surface area contributed by atoms with E-state index in [0.29, 0.717) is 0 Å². The van der Waals surface area contributed by atoms with Gasteiger partial charge in [-0.15, -0.1) is 0 Å². The van der Waals surface area contributed by atoms with Crippen LogP contribution < -0.4 is 5.32 Å². The zero-order chi connectivity index (χ0) is 9.80. The Kier molecular flexibility index (Phi) is 3.86. The fourth-order valence-corrected chi connectivity index (χ4v) is 2.93. The Bertz CT molecular complexity index is 163. The molecule has 0 heterocycles. The molecule has 2 aliphatic rings. The summed E-state index contributed by atoms with van der Waals surface area (Å²) in [5, 5.41) is 3.68. The van der Waals surface area contributed by atoms with E-state index in [1.807, 2.05) is 0 Å². The smallest absolute Gasteiger partial charge is 0.00203 e. The molecule has 2 fully saturated rings. The summed E-state index contributed by atoms with van der Waals surface area (Å²) < 4.78 is 0. The molecule has 0 radical (unpaired) electrons. The highest BCUT2D eigenvalue weighted by atomic mass is 14.9. The van der Waals surface area contributed by atoms with Crippen molar-refractivity contribution in [3.63, 3.8) is 0 Å². The third-order valence-electron chi connectivity index (χ3n) is 4.14. The van der Waals surface area contributed by atoms with Crippen molar-refractivity contribution in [1.82, 2.24) is 5.32 Å². The Labute approximate surface area is 88.7 Å². The maximum absolute atomic E-state index is 3.68. The van der Waals surface area contributed by atoms with Gasteiger partial charge < -0.3 is 5.32 Å². The summed E-state index contributed by atoms with van der Waals surface area (Å²) in [6, 6.07) is 0. The second-order valence-electron chi connectivity index (χ2n) is 5.59. The molecule has 0 aromatic heterocycles. The van der Waals surface area contributed by atoms with Crippen molar-refractivity contribution in [2.24, 2.45) is 17.8 Å². The average Bonchev–Trinajstić information content (AvgIpc) is 2.09. The van der Waals surface area contributed by atoms with Crippen molar-refractivity contribution in [2.45, 2.75) is 51.9 Å². The molecule has 2 rings (SSSR count). The zero-order valence-corrected chi connectivity index (χ0v) is 9.60. The van der Waals surface area contributed by atoms with Crippen molar-refractivity contribution in [1.29, 1.82) is 0 Å². The van der Waals surface area contributed by atoms with Gasteiger partial charge in [0.1, 0.15) is 0 Å². The number of hydrogen-bond donors (Lipinski definition) is 1. The summed E-state index contributed by atoms with van der Waals surface area (Å²) in [4.78, 5) is 0. The molecule has 82 valence electrons. The molecule has 0 amide bonds. The first-order valence-corrected chi connectivity index (χ1v) is 6.55. The van der Waals surface area contributed by atoms with Crippen molar-refractivity contribution in [2.75, 3.05) is 13.1 Å². The molecule has 0 aromatic carbocycles. The maximum Gasteiger partial charge on any atom is -0.00203 e. The van der Waals surface area contributed by atoms with Gasteiger partial charge in [0, 0.05) is 0 Å². The molecule has 0 bridgehead atoms. The highest BCUT2D eigenvalue weighted by Gasteiger charge is 2.20. The molecule has 0 spiro atoms. The van der Waals surface area contributed by atoms with Gasteiger partial charge in [0.2, 0.25) is 0 Å². The van der Waals surface area contributed by atoms with Gasteiger partial charge in [-0.05, 0) is 56.5 Å². The first-order chi connectivity index (χ1) is 6.84. The molecule has 14 heavy (non-hydrogen) atoms. The molecule has 0 saturated heterocycles. The van der Waals surface area contributed by atoms with E-state index >= 15 is 0 Å². The Hall–Kier alpha value is -0.0400. The quantitative estimate of drug-likeness (QED) is 0.726. The van der Waals surface area contributed by atoms with Crippen LogP contribution in [0.15, 0.2) is 0 Å². The molecule has 2 aliphatic carbocycles. The van der Waals surface area contributed by atoms with Crippen molar-refractivity contribution in [3.8, 4) is 0 Å². The molecule has 2 atom stereocenters. The topological polar surface area (TPSA) is 12.0 Å². The Morgan fingerprint density at radius 3 is 2.21 bits per heavy atom. The lowest BCUT2D eigenvalue weighted by molar-refractivity contribution is 0.252. The minimum Gasteiger partial charge on any atom is -0.316 e. The molecule has 0 aromatic rings. The summed E-state index contributed by atoms with van der Waals surface area (Å²) >= 11 is 0. The SMILES string of the molecule is CC1CCCC(CNCC2CCC2)C1. The van der Waals surface area contributed by atoms with Gasteiger partial charge in [0.15, 0.2) is 0 Å². The summed E-state index contributed by atoms with van der Waals surface area (Å²) in [5.74, 6) is 2.99. The molecular formula is C13H25N. The van der Waals surface area contributed by atoms with Crippen LogP contribution in [-0.4, -0.2) is 13.1 Å². The van der Waals surface area contributed by atoms with Gasteiger partial charge in [-0.1, -0.05) is 26.2 Å². The minimum atomic E-state index is 0.985. The van der Waals surface area contributed by atoms with E-state index in [2.05, 4.69) is 12.2 Å². The lowest BCUT2D eigenvalue weighted by atomic mass is 9.82.